The summed E-state index contributed by atoms with van der Waals surface area (Å²) in [6.07, 6.45) is 0. The topological polar surface area (TPSA) is 45.7 Å². The number of methoxy groups -OCH3 is 1. The zero-order valence-electron chi connectivity index (χ0n) is 15.4. The molecular weight excluding hydrogens is 425 g/mol. The number of nitrogens with zero attached hydrogens (tertiary/aromatic N) is 1. The lowest BCUT2D eigenvalue weighted by molar-refractivity contribution is 0.411. The second-order valence-corrected chi connectivity index (χ2v) is 5.92. The molecule has 5 heteroatoms. The number of nitrogens with one attached hydrogen (secondary N) is 2. The molecule has 0 aliphatic rings. The molecule has 0 aliphatic heterocycles. The first-order valence-electron chi connectivity index (χ1n) is 8.27. The van der Waals surface area contributed by atoms with Gasteiger partial charge in [0.1, 0.15) is 5.75 Å². The van der Waals surface area contributed by atoms with E-state index in [0.717, 1.165) is 29.4 Å². The molecule has 0 aromatic heterocycles. The van der Waals surface area contributed by atoms with Gasteiger partial charge in [-0.1, -0.05) is 49.4 Å². The quantitative estimate of drug-likeness (QED) is 0.394. The van der Waals surface area contributed by atoms with E-state index in [0.29, 0.717) is 12.5 Å². The molecule has 0 bridgehead atoms. The zero-order valence-corrected chi connectivity index (χ0v) is 17.7. The van der Waals surface area contributed by atoms with Gasteiger partial charge in [-0.3, -0.25) is 4.99 Å². The fourth-order valence-electron chi connectivity index (χ4n) is 2.53. The summed E-state index contributed by atoms with van der Waals surface area (Å²) in [5, 5.41) is 6.73. The molecule has 4 nitrogen and oxygen atoms in total. The number of halogens is 1. The molecule has 136 valence electrons. The second-order valence-electron chi connectivity index (χ2n) is 5.92. The maximum atomic E-state index is 5.37. The summed E-state index contributed by atoms with van der Waals surface area (Å²) in [6.45, 7) is 5.79. The summed E-state index contributed by atoms with van der Waals surface area (Å²) < 4.78 is 5.37. The van der Waals surface area contributed by atoms with E-state index in [2.05, 4.69) is 65.0 Å². The van der Waals surface area contributed by atoms with Gasteiger partial charge in [-0.05, 0) is 35.6 Å². The molecule has 0 saturated heterocycles. The molecular formula is C20H28IN3O. The van der Waals surface area contributed by atoms with Gasteiger partial charge in [0.15, 0.2) is 5.96 Å². The van der Waals surface area contributed by atoms with Crippen molar-refractivity contribution in [1.29, 1.82) is 0 Å². The molecule has 2 aromatic rings. The van der Waals surface area contributed by atoms with Crippen molar-refractivity contribution in [2.24, 2.45) is 4.99 Å². The highest BCUT2D eigenvalue weighted by Gasteiger charge is 2.06. The number of ether oxygens (including phenoxy) is 1. The average molecular weight is 453 g/mol. The van der Waals surface area contributed by atoms with Gasteiger partial charge in [0.05, 0.1) is 7.11 Å². The van der Waals surface area contributed by atoms with Crippen LogP contribution in [0.5, 0.6) is 5.75 Å². The van der Waals surface area contributed by atoms with Gasteiger partial charge < -0.3 is 15.4 Å². The Balaban J connectivity index is 0.00000312. The predicted octanol–water partition coefficient (Wildman–Crippen LogP) is 4.09. The van der Waals surface area contributed by atoms with Crippen molar-refractivity contribution in [3.05, 3.63) is 65.2 Å². The van der Waals surface area contributed by atoms with Crippen molar-refractivity contribution in [1.82, 2.24) is 10.6 Å². The fraction of sp³-hybridized carbons (Fsp3) is 0.350. The van der Waals surface area contributed by atoms with Crippen LogP contribution < -0.4 is 15.4 Å². The van der Waals surface area contributed by atoms with Gasteiger partial charge in [-0.25, -0.2) is 0 Å². The van der Waals surface area contributed by atoms with Crippen LogP contribution in [0.1, 0.15) is 29.5 Å². The van der Waals surface area contributed by atoms with E-state index in [4.69, 9.17) is 4.74 Å². The third kappa shape index (κ3) is 6.57. The normalized spacial score (nSPS) is 12.1. The molecule has 2 N–H and O–H groups in total. The smallest absolute Gasteiger partial charge is 0.191 e. The van der Waals surface area contributed by atoms with Crippen molar-refractivity contribution in [3.8, 4) is 5.75 Å². The van der Waals surface area contributed by atoms with Gasteiger partial charge in [0, 0.05) is 20.1 Å². The van der Waals surface area contributed by atoms with Crippen molar-refractivity contribution in [2.75, 3.05) is 20.7 Å². The van der Waals surface area contributed by atoms with Crippen molar-refractivity contribution in [2.45, 2.75) is 26.3 Å². The van der Waals surface area contributed by atoms with Crippen LogP contribution in [0.15, 0.2) is 53.5 Å². The first kappa shape index (κ1) is 21.3. The van der Waals surface area contributed by atoms with Gasteiger partial charge in [0.25, 0.3) is 0 Å². The maximum Gasteiger partial charge on any atom is 0.191 e. The number of guanidine groups is 1. The van der Waals surface area contributed by atoms with Gasteiger partial charge >= 0.3 is 0 Å². The number of hydrogen-bond donors (Lipinski definition) is 2. The third-order valence-electron chi connectivity index (χ3n) is 4.10. The summed E-state index contributed by atoms with van der Waals surface area (Å²) in [4.78, 5) is 4.29. The Hall–Kier alpha value is -1.76. The zero-order chi connectivity index (χ0) is 17.4. The lowest BCUT2D eigenvalue weighted by Crippen LogP contribution is -2.38. The highest BCUT2D eigenvalue weighted by Crippen LogP contribution is 2.18. The van der Waals surface area contributed by atoms with E-state index in [1.807, 2.05) is 13.0 Å². The highest BCUT2D eigenvalue weighted by atomic mass is 127. The van der Waals surface area contributed by atoms with E-state index < -0.39 is 0 Å². The lowest BCUT2D eigenvalue weighted by Gasteiger charge is -2.17. The Kier molecular flexibility index (Phi) is 9.34. The number of benzene rings is 2. The van der Waals surface area contributed by atoms with Crippen molar-refractivity contribution >= 4 is 29.9 Å². The molecule has 0 fully saturated rings. The Morgan fingerprint density at radius 3 is 2.48 bits per heavy atom. The van der Waals surface area contributed by atoms with E-state index in [1.54, 1.807) is 14.2 Å². The van der Waals surface area contributed by atoms with E-state index in [9.17, 15) is 0 Å². The van der Waals surface area contributed by atoms with E-state index in [1.165, 1.54) is 5.56 Å². The average Bonchev–Trinajstić information content (AvgIpc) is 2.63. The van der Waals surface area contributed by atoms with Crippen LogP contribution >= 0.6 is 24.0 Å². The first-order valence-corrected chi connectivity index (χ1v) is 8.27. The molecule has 0 spiro atoms. The molecule has 0 saturated carbocycles. The molecule has 0 amide bonds. The van der Waals surface area contributed by atoms with Crippen LogP contribution in [0, 0.1) is 6.92 Å². The number of aryl methyl sites for hydroxylation is 1. The molecule has 0 heterocycles. The highest BCUT2D eigenvalue weighted by molar-refractivity contribution is 14.0. The molecule has 0 aliphatic carbocycles. The monoisotopic (exact) mass is 453 g/mol. The molecule has 2 aromatic carbocycles. The second kappa shape index (κ2) is 11.0. The molecule has 0 radical (unpaired) electrons. The van der Waals surface area contributed by atoms with Gasteiger partial charge in [-0.15, -0.1) is 24.0 Å². The summed E-state index contributed by atoms with van der Waals surface area (Å²) in [6, 6.07) is 16.7. The summed E-state index contributed by atoms with van der Waals surface area (Å²) >= 11 is 0. The van der Waals surface area contributed by atoms with Crippen LogP contribution in [0.2, 0.25) is 0 Å². The van der Waals surface area contributed by atoms with Crippen LogP contribution in [-0.4, -0.2) is 26.7 Å². The minimum absolute atomic E-state index is 0. The maximum absolute atomic E-state index is 5.37. The summed E-state index contributed by atoms with van der Waals surface area (Å²) in [7, 11) is 3.49. The minimum atomic E-state index is 0. The number of rotatable bonds is 6. The summed E-state index contributed by atoms with van der Waals surface area (Å²) in [5.41, 5.74) is 3.63. The van der Waals surface area contributed by atoms with E-state index in [-0.39, 0.29) is 24.0 Å². The fourth-order valence-corrected chi connectivity index (χ4v) is 2.53. The van der Waals surface area contributed by atoms with Crippen molar-refractivity contribution < 1.29 is 4.74 Å². The third-order valence-corrected chi connectivity index (χ3v) is 4.10. The largest absolute Gasteiger partial charge is 0.496 e. The van der Waals surface area contributed by atoms with Crippen LogP contribution in [0.4, 0.5) is 0 Å². The SMILES string of the molecule is CN=C(NCc1ccc(C)c(OC)c1)NCC(C)c1ccccc1.I. The Morgan fingerprint density at radius 1 is 1.12 bits per heavy atom. The van der Waals surface area contributed by atoms with Crippen molar-refractivity contribution in [3.63, 3.8) is 0 Å². The van der Waals surface area contributed by atoms with Crippen LogP contribution in [-0.2, 0) is 6.54 Å². The van der Waals surface area contributed by atoms with E-state index >= 15 is 0 Å². The Labute approximate surface area is 168 Å². The van der Waals surface area contributed by atoms with Crippen LogP contribution in [0.25, 0.3) is 0 Å². The van der Waals surface area contributed by atoms with Crippen LogP contribution in [0.3, 0.4) is 0 Å². The number of aliphatic imine (C=N–C) groups is 1. The molecule has 25 heavy (non-hydrogen) atoms. The Morgan fingerprint density at radius 2 is 1.84 bits per heavy atom. The summed E-state index contributed by atoms with van der Waals surface area (Å²) in [5.74, 6) is 2.14. The first-order chi connectivity index (χ1) is 11.6. The molecule has 1 unspecified atom stereocenters. The minimum Gasteiger partial charge on any atom is -0.496 e. The predicted molar refractivity (Wildman–Crippen MR) is 116 cm³/mol. The molecule has 1 atom stereocenters. The van der Waals surface area contributed by atoms with Gasteiger partial charge in [0.2, 0.25) is 0 Å². The molecule has 2 rings (SSSR count). The standard InChI is InChI=1S/C20H27N3O.HI/c1-15-10-11-17(12-19(15)24-4)14-23-20(21-3)22-13-16(2)18-8-6-5-7-9-18;/h5-12,16H,13-14H2,1-4H3,(H2,21,22,23);1H. The lowest BCUT2D eigenvalue weighted by atomic mass is 10.0. The Bertz CT molecular complexity index is 674. The van der Waals surface area contributed by atoms with Gasteiger partial charge in [-0.2, -0.15) is 0 Å². The number of hydrogen-bond acceptors (Lipinski definition) is 2.